The number of aromatic hydroxyl groups is 1. The van der Waals surface area contributed by atoms with Gasteiger partial charge in [0, 0.05) is 5.56 Å². The summed E-state index contributed by atoms with van der Waals surface area (Å²) in [6.45, 7) is 3.62. The summed E-state index contributed by atoms with van der Waals surface area (Å²) >= 11 is 3.43. The smallest absolute Gasteiger partial charge is 0.277 e. The largest absolute Gasteiger partial charge is 0.507 e. The fourth-order valence-electron chi connectivity index (χ4n) is 2.04. The lowest BCUT2D eigenvalue weighted by Gasteiger charge is -2.09. The number of phenolic OH excluding ortho intramolecular Hbond substituents is 1. The van der Waals surface area contributed by atoms with Crippen LogP contribution in [0.1, 0.15) is 25.0 Å². The molecule has 2 aromatic rings. The van der Waals surface area contributed by atoms with Gasteiger partial charge >= 0.3 is 0 Å². The molecule has 2 rings (SSSR count). The molecule has 6 heteroatoms. The normalized spacial score (nSPS) is 11.2. The third-order valence-electron chi connectivity index (χ3n) is 3.41. The summed E-state index contributed by atoms with van der Waals surface area (Å²) < 4.78 is 6.29. The van der Waals surface area contributed by atoms with Crippen molar-refractivity contribution in [2.45, 2.75) is 20.3 Å². The van der Waals surface area contributed by atoms with Crippen molar-refractivity contribution in [2.75, 3.05) is 6.61 Å². The van der Waals surface area contributed by atoms with Crippen LogP contribution in [0.5, 0.6) is 11.5 Å². The standard InChI is InChI=1S/C18H19BrN2O3/c1-3-13-8-9-17(15(19)10-13)24-11-18(23)21-20-12(2)14-6-4-5-7-16(14)22/h4-10,22H,3,11H2,1-2H3,(H,21,23). The second kappa shape index (κ2) is 8.49. The SMILES string of the molecule is CCc1ccc(OCC(=O)NN=C(C)c2ccccc2O)c(Br)c1. The first-order chi connectivity index (χ1) is 11.5. The molecular weight excluding hydrogens is 372 g/mol. The number of nitrogens with zero attached hydrogens (tertiary/aromatic N) is 1. The molecule has 0 heterocycles. The number of ether oxygens (including phenoxy) is 1. The van der Waals surface area contributed by atoms with Crippen molar-refractivity contribution >= 4 is 27.5 Å². The van der Waals surface area contributed by atoms with Crippen molar-refractivity contribution in [3.8, 4) is 11.5 Å². The number of hydrazone groups is 1. The van der Waals surface area contributed by atoms with Crippen LogP contribution < -0.4 is 10.2 Å². The fraction of sp³-hybridized carbons (Fsp3) is 0.222. The van der Waals surface area contributed by atoms with E-state index in [-0.39, 0.29) is 18.3 Å². The molecule has 2 N–H and O–H groups in total. The number of hydrogen-bond acceptors (Lipinski definition) is 4. The van der Waals surface area contributed by atoms with E-state index in [1.807, 2.05) is 18.2 Å². The molecule has 0 aliphatic heterocycles. The maximum atomic E-state index is 11.9. The molecule has 126 valence electrons. The summed E-state index contributed by atoms with van der Waals surface area (Å²) in [4.78, 5) is 11.9. The van der Waals surface area contributed by atoms with Gasteiger partial charge < -0.3 is 9.84 Å². The Hall–Kier alpha value is -2.34. The van der Waals surface area contributed by atoms with Crippen LogP contribution in [0.15, 0.2) is 52.0 Å². The Morgan fingerprint density at radius 3 is 2.71 bits per heavy atom. The quantitative estimate of drug-likeness (QED) is 0.584. The number of phenols is 1. The van der Waals surface area contributed by atoms with E-state index in [1.54, 1.807) is 31.2 Å². The van der Waals surface area contributed by atoms with Crippen molar-refractivity contribution < 1.29 is 14.6 Å². The van der Waals surface area contributed by atoms with Crippen LogP contribution in [0, 0.1) is 0 Å². The summed E-state index contributed by atoms with van der Waals surface area (Å²) in [6.07, 6.45) is 0.930. The minimum atomic E-state index is -0.378. The average Bonchev–Trinajstić information content (AvgIpc) is 2.58. The summed E-state index contributed by atoms with van der Waals surface area (Å²) in [5, 5.41) is 13.7. The molecule has 5 nitrogen and oxygen atoms in total. The molecule has 2 aromatic carbocycles. The molecule has 0 bridgehead atoms. The van der Waals surface area contributed by atoms with Gasteiger partial charge in [-0.15, -0.1) is 0 Å². The monoisotopic (exact) mass is 390 g/mol. The van der Waals surface area contributed by atoms with Crippen LogP contribution >= 0.6 is 15.9 Å². The molecule has 0 aliphatic rings. The number of amides is 1. The first-order valence-corrected chi connectivity index (χ1v) is 8.33. The molecular formula is C18H19BrN2O3. The maximum absolute atomic E-state index is 11.9. The summed E-state index contributed by atoms with van der Waals surface area (Å²) in [7, 11) is 0. The zero-order valence-electron chi connectivity index (χ0n) is 13.5. The zero-order chi connectivity index (χ0) is 17.5. The van der Waals surface area contributed by atoms with Gasteiger partial charge in [-0.05, 0) is 59.1 Å². The van der Waals surface area contributed by atoms with Crippen LogP contribution in [0.3, 0.4) is 0 Å². The highest BCUT2D eigenvalue weighted by molar-refractivity contribution is 9.10. The minimum Gasteiger partial charge on any atom is -0.507 e. The zero-order valence-corrected chi connectivity index (χ0v) is 15.1. The lowest BCUT2D eigenvalue weighted by molar-refractivity contribution is -0.123. The van der Waals surface area contributed by atoms with Crippen LogP contribution in [-0.4, -0.2) is 23.3 Å². The number of carbonyl (C=O) groups is 1. The number of benzene rings is 2. The van der Waals surface area contributed by atoms with Gasteiger partial charge in [0.15, 0.2) is 6.61 Å². The van der Waals surface area contributed by atoms with Gasteiger partial charge in [0.05, 0.1) is 10.2 Å². The number of carbonyl (C=O) groups excluding carboxylic acids is 1. The molecule has 0 spiro atoms. The van der Waals surface area contributed by atoms with Gasteiger partial charge in [0.2, 0.25) is 0 Å². The van der Waals surface area contributed by atoms with Crippen molar-refractivity contribution in [1.29, 1.82) is 0 Å². The van der Waals surface area contributed by atoms with Crippen LogP contribution in [0.4, 0.5) is 0 Å². The van der Waals surface area contributed by atoms with Crippen molar-refractivity contribution in [3.05, 3.63) is 58.1 Å². The molecule has 0 aliphatic carbocycles. The van der Waals surface area contributed by atoms with E-state index >= 15 is 0 Å². The summed E-state index contributed by atoms with van der Waals surface area (Å²) in [6, 6.07) is 12.6. The van der Waals surface area contributed by atoms with Crippen molar-refractivity contribution in [3.63, 3.8) is 0 Å². The highest BCUT2D eigenvalue weighted by Crippen LogP contribution is 2.26. The molecule has 0 saturated carbocycles. The Balaban J connectivity index is 1.92. The highest BCUT2D eigenvalue weighted by atomic mass is 79.9. The number of aryl methyl sites for hydroxylation is 1. The predicted molar refractivity (Wildman–Crippen MR) is 97.5 cm³/mol. The van der Waals surface area contributed by atoms with Crippen molar-refractivity contribution in [1.82, 2.24) is 5.43 Å². The third kappa shape index (κ3) is 4.83. The second-order valence-corrected chi connectivity index (χ2v) is 6.01. The number of hydrogen-bond donors (Lipinski definition) is 2. The van der Waals surface area contributed by atoms with E-state index in [1.165, 1.54) is 5.56 Å². The lowest BCUT2D eigenvalue weighted by atomic mass is 10.1. The van der Waals surface area contributed by atoms with E-state index in [9.17, 15) is 9.90 Å². The average molecular weight is 391 g/mol. The first-order valence-electron chi connectivity index (χ1n) is 7.54. The first kappa shape index (κ1) is 18.0. The molecule has 24 heavy (non-hydrogen) atoms. The summed E-state index contributed by atoms with van der Waals surface area (Å²) in [5.41, 5.74) is 4.68. The Morgan fingerprint density at radius 2 is 2.04 bits per heavy atom. The van der Waals surface area contributed by atoms with E-state index in [2.05, 4.69) is 33.4 Å². The number of para-hydroxylation sites is 1. The van der Waals surface area contributed by atoms with Gasteiger partial charge in [0.1, 0.15) is 11.5 Å². The van der Waals surface area contributed by atoms with Gasteiger partial charge in [-0.1, -0.05) is 25.1 Å². The Morgan fingerprint density at radius 1 is 1.29 bits per heavy atom. The third-order valence-corrected chi connectivity index (χ3v) is 4.03. The van der Waals surface area contributed by atoms with Gasteiger partial charge in [-0.25, -0.2) is 5.43 Å². The Kier molecular flexibility index (Phi) is 6.37. The highest BCUT2D eigenvalue weighted by Gasteiger charge is 2.07. The number of rotatable bonds is 6. The van der Waals surface area contributed by atoms with Crippen LogP contribution in [-0.2, 0) is 11.2 Å². The molecule has 0 saturated heterocycles. The van der Waals surface area contributed by atoms with E-state index in [4.69, 9.17) is 4.74 Å². The number of halogens is 1. The fourth-order valence-corrected chi connectivity index (χ4v) is 2.58. The maximum Gasteiger partial charge on any atom is 0.277 e. The van der Waals surface area contributed by atoms with Crippen LogP contribution in [0.2, 0.25) is 0 Å². The topological polar surface area (TPSA) is 70.9 Å². The number of nitrogens with one attached hydrogen (secondary N) is 1. The van der Waals surface area contributed by atoms with E-state index < -0.39 is 0 Å². The van der Waals surface area contributed by atoms with Gasteiger partial charge in [-0.2, -0.15) is 5.10 Å². The molecule has 1 amide bonds. The molecule has 0 fully saturated rings. The molecule has 0 radical (unpaired) electrons. The van der Waals surface area contributed by atoms with Gasteiger partial charge in [0.25, 0.3) is 5.91 Å². The van der Waals surface area contributed by atoms with Gasteiger partial charge in [-0.3, -0.25) is 4.79 Å². The second-order valence-electron chi connectivity index (χ2n) is 5.16. The predicted octanol–water partition coefficient (Wildman–Crippen LogP) is 3.64. The molecule has 0 atom stereocenters. The summed E-state index contributed by atoms with van der Waals surface area (Å²) in [5.74, 6) is 0.337. The van der Waals surface area contributed by atoms with Crippen LogP contribution in [0.25, 0.3) is 0 Å². The van der Waals surface area contributed by atoms with E-state index in [0.717, 1.165) is 10.9 Å². The molecule has 0 aromatic heterocycles. The Labute approximate surface area is 149 Å². The van der Waals surface area contributed by atoms with Crippen molar-refractivity contribution in [2.24, 2.45) is 5.10 Å². The minimum absolute atomic E-state index is 0.115. The van der Waals surface area contributed by atoms with E-state index in [0.29, 0.717) is 17.0 Å². The Bertz CT molecular complexity index is 760. The lowest BCUT2D eigenvalue weighted by Crippen LogP contribution is -2.25. The molecule has 0 unspecified atom stereocenters.